The first kappa shape index (κ1) is 12.4. The summed E-state index contributed by atoms with van der Waals surface area (Å²) in [7, 11) is 0. The van der Waals surface area contributed by atoms with Gasteiger partial charge < -0.3 is 4.74 Å². The van der Waals surface area contributed by atoms with Crippen LogP contribution in [0.3, 0.4) is 0 Å². The number of carbonyl (C=O) groups excluding carboxylic acids is 2. The lowest BCUT2D eigenvalue weighted by Crippen LogP contribution is -2.26. The molecule has 1 atom stereocenters. The number of alkyl halides is 1. The molecule has 0 bridgehead atoms. The van der Waals surface area contributed by atoms with Crippen molar-refractivity contribution in [3.05, 3.63) is 0 Å². The van der Waals surface area contributed by atoms with Crippen molar-refractivity contribution >= 4 is 23.4 Å². The molecule has 0 aromatic heterocycles. The Hall–Kier alpha value is -0.570. The minimum absolute atomic E-state index is 0.210. The van der Waals surface area contributed by atoms with Crippen molar-refractivity contribution in [3.63, 3.8) is 0 Å². The highest BCUT2D eigenvalue weighted by Crippen LogP contribution is 2.09. The summed E-state index contributed by atoms with van der Waals surface area (Å²) in [6.07, 6.45) is 2.34. The summed E-state index contributed by atoms with van der Waals surface area (Å²) in [5, 5.41) is -0.723. The summed E-state index contributed by atoms with van der Waals surface area (Å²) >= 11 is 5.69. The molecule has 0 aliphatic carbocycles. The SMILES string of the molecule is CCCCC(Cl)C(=O)C(=O)OCC. The summed E-state index contributed by atoms with van der Waals surface area (Å²) in [6, 6.07) is 0. The normalized spacial score (nSPS) is 12.2. The van der Waals surface area contributed by atoms with E-state index in [0.717, 1.165) is 12.8 Å². The van der Waals surface area contributed by atoms with Crippen molar-refractivity contribution in [2.24, 2.45) is 0 Å². The van der Waals surface area contributed by atoms with E-state index < -0.39 is 17.1 Å². The molecule has 0 fully saturated rings. The van der Waals surface area contributed by atoms with Gasteiger partial charge in [0.05, 0.1) is 6.61 Å². The molecule has 0 aliphatic rings. The number of carbonyl (C=O) groups is 2. The van der Waals surface area contributed by atoms with E-state index in [4.69, 9.17) is 11.6 Å². The zero-order chi connectivity index (χ0) is 10.3. The lowest BCUT2D eigenvalue weighted by Gasteiger charge is -2.05. The number of ketones is 1. The second-order valence-corrected chi connectivity index (χ2v) is 3.22. The number of halogens is 1. The minimum Gasteiger partial charge on any atom is -0.460 e. The van der Waals surface area contributed by atoms with Gasteiger partial charge in [0.25, 0.3) is 5.78 Å². The van der Waals surface area contributed by atoms with Crippen LogP contribution >= 0.6 is 11.6 Å². The van der Waals surface area contributed by atoms with Gasteiger partial charge in [0, 0.05) is 0 Å². The van der Waals surface area contributed by atoms with E-state index >= 15 is 0 Å². The Morgan fingerprint density at radius 3 is 2.46 bits per heavy atom. The third kappa shape index (κ3) is 4.88. The van der Waals surface area contributed by atoms with Gasteiger partial charge in [-0.25, -0.2) is 4.79 Å². The maximum atomic E-state index is 11.1. The Morgan fingerprint density at radius 2 is 2.00 bits per heavy atom. The van der Waals surface area contributed by atoms with E-state index in [-0.39, 0.29) is 6.61 Å². The van der Waals surface area contributed by atoms with E-state index in [0.29, 0.717) is 6.42 Å². The summed E-state index contributed by atoms with van der Waals surface area (Å²) in [5.74, 6) is -1.45. The topological polar surface area (TPSA) is 43.4 Å². The molecule has 0 aliphatic heterocycles. The highest BCUT2D eigenvalue weighted by molar-refractivity contribution is 6.47. The van der Waals surface area contributed by atoms with Crippen molar-refractivity contribution in [3.8, 4) is 0 Å². The molecule has 4 heteroatoms. The van der Waals surface area contributed by atoms with E-state index in [1.54, 1.807) is 6.92 Å². The van der Waals surface area contributed by atoms with Gasteiger partial charge in [0.15, 0.2) is 0 Å². The van der Waals surface area contributed by atoms with Gasteiger partial charge in [0.2, 0.25) is 0 Å². The first-order chi connectivity index (χ1) is 6.13. The van der Waals surface area contributed by atoms with Crippen molar-refractivity contribution in [2.45, 2.75) is 38.5 Å². The molecule has 76 valence electrons. The first-order valence-corrected chi connectivity index (χ1v) is 4.92. The maximum Gasteiger partial charge on any atom is 0.376 e. The standard InChI is InChI=1S/C9H15ClO3/c1-3-5-6-7(10)8(11)9(12)13-4-2/h7H,3-6H2,1-2H3. The smallest absolute Gasteiger partial charge is 0.376 e. The predicted molar refractivity (Wildman–Crippen MR) is 50.8 cm³/mol. The average molecular weight is 207 g/mol. The van der Waals surface area contributed by atoms with Crippen LogP contribution < -0.4 is 0 Å². The molecule has 0 saturated carbocycles. The second kappa shape index (κ2) is 6.89. The molecule has 0 heterocycles. The van der Waals surface area contributed by atoms with Gasteiger partial charge in [-0.05, 0) is 13.3 Å². The van der Waals surface area contributed by atoms with Gasteiger partial charge in [-0.15, -0.1) is 11.6 Å². The van der Waals surface area contributed by atoms with Gasteiger partial charge in [0.1, 0.15) is 5.38 Å². The summed E-state index contributed by atoms with van der Waals surface area (Å²) in [5.41, 5.74) is 0. The molecule has 13 heavy (non-hydrogen) atoms. The largest absolute Gasteiger partial charge is 0.460 e. The number of esters is 1. The van der Waals surface area contributed by atoms with Crippen LogP contribution in [0.4, 0.5) is 0 Å². The zero-order valence-electron chi connectivity index (χ0n) is 8.01. The van der Waals surface area contributed by atoms with Crippen LogP contribution in [-0.2, 0) is 14.3 Å². The molecular weight excluding hydrogens is 192 g/mol. The summed E-state index contributed by atoms with van der Waals surface area (Å²) in [6.45, 7) is 3.86. The first-order valence-electron chi connectivity index (χ1n) is 4.48. The van der Waals surface area contributed by atoms with Gasteiger partial charge >= 0.3 is 5.97 Å². The number of hydrogen-bond acceptors (Lipinski definition) is 3. The predicted octanol–water partition coefficient (Wildman–Crippen LogP) is 1.92. The fourth-order valence-electron chi connectivity index (χ4n) is 0.845. The van der Waals surface area contributed by atoms with Gasteiger partial charge in [-0.1, -0.05) is 19.8 Å². The number of Topliss-reactive ketones (excluding diaryl/α,β-unsaturated/α-hetero) is 1. The third-order valence-electron chi connectivity index (χ3n) is 1.57. The molecule has 0 aromatic rings. The Kier molecular flexibility index (Phi) is 6.59. The monoisotopic (exact) mass is 206 g/mol. The van der Waals surface area contributed by atoms with Crippen LogP contribution in [0.25, 0.3) is 0 Å². The van der Waals surface area contributed by atoms with E-state index in [1.165, 1.54) is 0 Å². The quantitative estimate of drug-likeness (QED) is 0.379. The van der Waals surface area contributed by atoms with Crippen molar-refractivity contribution in [1.29, 1.82) is 0 Å². The van der Waals surface area contributed by atoms with Gasteiger partial charge in [-0.2, -0.15) is 0 Å². The van der Waals surface area contributed by atoms with Crippen LogP contribution in [0.2, 0.25) is 0 Å². The Labute approximate surface area is 83.4 Å². The van der Waals surface area contributed by atoms with E-state index in [1.807, 2.05) is 6.92 Å². The van der Waals surface area contributed by atoms with Crippen LogP contribution in [0.15, 0.2) is 0 Å². The molecule has 0 radical (unpaired) electrons. The summed E-state index contributed by atoms with van der Waals surface area (Å²) < 4.78 is 4.53. The number of ether oxygens (including phenoxy) is 1. The van der Waals surface area contributed by atoms with Crippen molar-refractivity contribution < 1.29 is 14.3 Å². The number of rotatable bonds is 6. The number of hydrogen-bond donors (Lipinski definition) is 0. The second-order valence-electron chi connectivity index (χ2n) is 2.69. The molecule has 0 amide bonds. The highest BCUT2D eigenvalue weighted by atomic mass is 35.5. The Balaban J connectivity index is 3.87. The molecular formula is C9H15ClO3. The Morgan fingerprint density at radius 1 is 1.38 bits per heavy atom. The van der Waals surface area contributed by atoms with E-state index in [2.05, 4.69) is 4.74 Å². The van der Waals surface area contributed by atoms with Crippen LogP contribution in [0.5, 0.6) is 0 Å². The fourth-order valence-corrected chi connectivity index (χ4v) is 1.09. The van der Waals surface area contributed by atoms with Crippen LogP contribution in [-0.4, -0.2) is 23.7 Å². The molecule has 0 rings (SSSR count). The van der Waals surface area contributed by atoms with Crippen LogP contribution in [0, 0.1) is 0 Å². The molecule has 0 aromatic carbocycles. The molecule has 1 unspecified atom stereocenters. The average Bonchev–Trinajstić information content (AvgIpc) is 2.13. The van der Waals surface area contributed by atoms with Crippen molar-refractivity contribution in [2.75, 3.05) is 6.61 Å². The molecule has 0 spiro atoms. The third-order valence-corrected chi connectivity index (χ3v) is 1.99. The zero-order valence-corrected chi connectivity index (χ0v) is 8.76. The lowest BCUT2D eigenvalue weighted by molar-refractivity contribution is -0.153. The van der Waals surface area contributed by atoms with E-state index in [9.17, 15) is 9.59 Å². The van der Waals surface area contributed by atoms with Gasteiger partial charge in [-0.3, -0.25) is 4.79 Å². The molecule has 3 nitrogen and oxygen atoms in total. The lowest BCUT2D eigenvalue weighted by atomic mass is 10.1. The minimum atomic E-state index is -0.821. The van der Waals surface area contributed by atoms with Crippen LogP contribution in [0.1, 0.15) is 33.1 Å². The van der Waals surface area contributed by atoms with Crippen molar-refractivity contribution in [1.82, 2.24) is 0 Å². The fraction of sp³-hybridized carbons (Fsp3) is 0.778. The molecule has 0 N–H and O–H groups in total. The maximum absolute atomic E-state index is 11.1. The highest BCUT2D eigenvalue weighted by Gasteiger charge is 2.23. The number of unbranched alkanes of at least 4 members (excludes halogenated alkanes) is 1. The summed E-state index contributed by atoms with van der Waals surface area (Å²) in [4.78, 5) is 22.0. The molecule has 0 saturated heterocycles. The Bertz CT molecular complexity index is 180.